The van der Waals surface area contributed by atoms with Gasteiger partial charge in [-0.15, -0.1) is 0 Å². The molecule has 0 heterocycles. The number of rotatable bonds is 14. The van der Waals surface area contributed by atoms with Gasteiger partial charge in [0.2, 0.25) is 0 Å². The SMILES string of the molecule is CCCCC(O)CC=C[C@H]1CCC(=O)[C@@H]1CCCCCCC(=O)CO. The summed E-state index contributed by atoms with van der Waals surface area (Å²) in [5.41, 5.74) is 0. The van der Waals surface area contributed by atoms with E-state index in [4.69, 9.17) is 5.11 Å². The molecule has 0 aromatic rings. The second-order valence-electron chi connectivity index (χ2n) is 7.38. The highest BCUT2D eigenvalue weighted by Gasteiger charge is 2.32. The summed E-state index contributed by atoms with van der Waals surface area (Å²) in [6, 6.07) is 0. The summed E-state index contributed by atoms with van der Waals surface area (Å²) in [4.78, 5) is 23.1. The van der Waals surface area contributed by atoms with Gasteiger partial charge in [0.25, 0.3) is 0 Å². The largest absolute Gasteiger partial charge is 0.393 e. The molecule has 1 fully saturated rings. The van der Waals surface area contributed by atoms with Crippen LogP contribution in [0.1, 0.15) is 84.0 Å². The second-order valence-corrected chi connectivity index (χ2v) is 7.38. The first-order valence-corrected chi connectivity index (χ1v) is 10.1. The third-order valence-electron chi connectivity index (χ3n) is 5.23. The van der Waals surface area contributed by atoms with Gasteiger partial charge in [-0.3, -0.25) is 9.59 Å². The average Bonchev–Trinajstić information content (AvgIpc) is 2.95. The van der Waals surface area contributed by atoms with Gasteiger partial charge in [-0.1, -0.05) is 51.2 Å². The number of hydrogen-bond acceptors (Lipinski definition) is 4. The summed E-state index contributed by atoms with van der Waals surface area (Å²) in [6.07, 6.45) is 14.6. The Morgan fingerprint density at radius 1 is 1.24 bits per heavy atom. The first kappa shape index (κ1) is 22.0. The molecule has 144 valence electrons. The maximum Gasteiger partial charge on any atom is 0.158 e. The highest BCUT2D eigenvalue weighted by atomic mass is 16.3. The van der Waals surface area contributed by atoms with Gasteiger partial charge in [0.1, 0.15) is 12.4 Å². The van der Waals surface area contributed by atoms with Crippen molar-refractivity contribution in [1.82, 2.24) is 0 Å². The van der Waals surface area contributed by atoms with Crippen molar-refractivity contribution in [1.29, 1.82) is 0 Å². The topological polar surface area (TPSA) is 74.6 Å². The molecule has 4 heteroatoms. The van der Waals surface area contributed by atoms with Crippen molar-refractivity contribution in [3.63, 3.8) is 0 Å². The number of aliphatic hydroxyl groups is 2. The molecule has 1 aliphatic rings. The summed E-state index contributed by atoms with van der Waals surface area (Å²) in [6.45, 7) is 1.78. The predicted octanol–water partition coefficient (Wildman–Crippen LogP) is 3.98. The Balaban J connectivity index is 2.24. The van der Waals surface area contributed by atoms with Gasteiger partial charge < -0.3 is 10.2 Å². The van der Waals surface area contributed by atoms with E-state index >= 15 is 0 Å². The van der Waals surface area contributed by atoms with E-state index in [-0.39, 0.29) is 24.4 Å². The molecule has 3 atom stereocenters. The lowest BCUT2D eigenvalue weighted by Gasteiger charge is -2.15. The molecular weight excluding hydrogens is 316 g/mol. The van der Waals surface area contributed by atoms with E-state index in [0.29, 0.717) is 31.0 Å². The van der Waals surface area contributed by atoms with E-state index in [1.54, 1.807) is 0 Å². The zero-order valence-electron chi connectivity index (χ0n) is 15.8. The van der Waals surface area contributed by atoms with E-state index in [9.17, 15) is 14.7 Å². The molecule has 0 spiro atoms. The van der Waals surface area contributed by atoms with E-state index in [0.717, 1.165) is 57.8 Å². The minimum atomic E-state index is -0.349. The fraction of sp³-hybridized carbons (Fsp3) is 0.810. The highest BCUT2D eigenvalue weighted by molar-refractivity contribution is 5.83. The zero-order valence-corrected chi connectivity index (χ0v) is 15.8. The summed E-state index contributed by atoms with van der Waals surface area (Å²) in [5.74, 6) is 0.777. The Kier molecular flexibility index (Phi) is 11.7. The molecule has 1 rings (SSSR count). The third kappa shape index (κ3) is 9.31. The number of ketones is 2. The van der Waals surface area contributed by atoms with Crippen molar-refractivity contribution >= 4 is 11.6 Å². The maximum absolute atomic E-state index is 12.1. The summed E-state index contributed by atoms with van der Waals surface area (Å²) in [5, 5.41) is 18.6. The van der Waals surface area contributed by atoms with E-state index in [2.05, 4.69) is 19.1 Å². The molecule has 0 aromatic carbocycles. The van der Waals surface area contributed by atoms with Crippen LogP contribution in [0.3, 0.4) is 0 Å². The van der Waals surface area contributed by atoms with Crippen LogP contribution in [0.4, 0.5) is 0 Å². The quantitative estimate of drug-likeness (QED) is 0.366. The summed E-state index contributed by atoms with van der Waals surface area (Å²) >= 11 is 0. The Bertz CT molecular complexity index is 416. The Hall–Kier alpha value is -1.00. The van der Waals surface area contributed by atoms with Crippen molar-refractivity contribution < 1.29 is 19.8 Å². The molecule has 0 aliphatic heterocycles. The number of aliphatic hydroxyl groups excluding tert-OH is 2. The van der Waals surface area contributed by atoms with Crippen LogP contribution in [0.2, 0.25) is 0 Å². The molecule has 0 aromatic heterocycles. The Morgan fingerprint density at radius 2 is 2.00 bits per heavy atom. The fourth-order valence-electron chi connectivity index (χ4n) is 3.63. The average molecular weight is 353 g/mol. The minimum Gasteiger partial charge on any atom is -0.393 e. The van der Waals surface area contributed by atoms with Crippen molar-refractivity contribution in [2.45, 2.75) is 90.1 Å². The van der Waals surface area contributed by atoms with Crippen LogP contribution in [0.15, 0.2) is 12.2 Å². The number of carbonyl (C=O) groups excluding carboxylic acids is 2. The van der Waals surface area contributed by atoms with Crippen molar-refractivity contribution in [2.75, 3.05) is 6.61 Å². The Morgan fingerprint density at radius 3 is 2.72 bits per heavy atom. The lowest BCUT2D eigenvalue weighted by Crippen LogP contribution is -2.13. The molecule has 0 radical (unpaired) electrons. The van der Waals surface area contributed by atoms with Gasteiger partial charge in [0.15, 0.2) is 5.78 Å². The van der Waals surface area contributed by atoms with Gasteiger partial charge in [0.05, 0.1) is 6.10 Å². The van der Waals surface area contributed by atoms with Gasteiger partial charge in [-0.2, -0.15) is 0 Å². The third-order valence-corrected chi connectivity index (χ3v) is 5.23. The van der Waals surface area contributed by atoms with Crippen LogP contribution in [0.25, 0.3) is 0 Å². The van der Waals surface area contributed by atoms with Crippen molar-refractivity contribution in [2.24, 2.45) is 11.8 Å². The number of unbranched alkanes of at least 4 members (excludes halogenated alkanes) is 4. The molecule has 1 saturated carbocycles. The monoisotopic (exact) mass is 352 g/mol. The van der Waals surface area contributed by atoms with E-state index < -0.39 is 0 Å². The van der Waals surface area contributed by atoms with Crippen LogP contribution in [-0.4, -0.2) is 34.5 Å². The fourth-order valence-corrected chi connectivity index (χ4v) is 3.63. The molecule has 25 heavy (non-hydrogen) atoms. The van der Waals surface area contributed by atoms with Gasteiger partial charge >= 0.3 is 0 Å². The normalized spacial score (nSPS) is 22.0. The number of hydrogen-bond donors (Lipinski definition) is 2. The molecule has 0 bridgehead atoms. The molecule has 2 N–H and O–H groups in total. The molecule has 0 saturated heterocycles. The smallest absolute Gasteiger partial charge is 0.158 e. The number of allylic oxidation sites excluding steroid dienone is 1. The van der Waals surface area contributed by atoms with Crippen LogP contribution >= 0.6 is 0 Å². The standard InChI is InChI=1S/C21H36O4/c1-2-3-10-18(23)12-8-9-17-14-15-21(25)20(17)13-7-5-4-6-11-19(24)16-22/h8-9,17-18,20,22-23H,2-7,10-16H2,1H3/t17-,18?,20+/m0/s1. The molecular formula is C21H36O4. The van der Waals surface area contributed by atoms with Crippen molar-refractivity contribution in [3.05, 3.63) is 12.2 Å². The predicted molar refractivity (Wildman–Crippen MR) is 100 cm³/mol. The first-order chi connectivity index (χ1) is 12.1. The van der Waals surface area contributed by atoms with Gasteiger partial charge in [-0.05, 0) is 38.0 Å². The molecule has 1 unspecified atom stereocenters. The van der Waals surface area contributed by atoms with Crippen LogP contribution in [0, 0.1) is 11.8 Å². The maximum atomic E-state index is 12.1. The lowest BCUT2D eigenvalue weighted by molar-refractivity contribution is -0.122. The van der Waals surface area contributed by atoms with Crippen LogP contribution in [-0.2, 0) is 9.59 Å². The lowest BCUT2D eigenvalue weighted by atomic mass is 9.89. The van der Waals surface area contributed by atoms with Crippen LogP contribution in [0.5, 0.6) is 0 Å². The zero-order chi connectivity index (χ0) is 18.5. The first-order valence-electron chi connectivity index (χ1n) is 10.1. The summed E-state index contributed by atoms with van der Waals surface area (Å²) in [7, 11) is 0. The van der Waals surface area contributed by atoms with Crippen LogP contribution < -0.4 is 0 Å². The highest BCUT2D eigenvalue weighted by Crippen LogP contribution is 2.34. The summed E-state index contributed by atoms with van der Waals surface area (Å²) < 4.78 is 0. The van der Waals surface area contributed by atoms with E-state index in [1.807, 2.05) is 0 Å². The second kappa shape index (κ2) is 13.2. The molecule has 0 amide bonds. The Labute approximate surface area is 152 Å². The number of carbonyl (C=O) groups is 2. The van der Waals surface area contributed by atoms with Crippen molar-refractivity contribution in [3.8, 4) is 0 Å². The van der Waals surface area contributed by atoms with Gasteiger partial charge in [-0.25, -0.2) is 0 Å². The minimum absolute atomic E-state index is 0.0858. The van der Waals surface area contributed by atoms with Gasteiger partial charge in [0, 0.05) is 18.8 Å². The number of Topliss-reactive ketones (excluding diaryl/α,β-unsaturated/α-hetero) is 2. The molecule has 4 nitrogen and oxygen atoms in total. The van der Waals surface area contributed by atoms with E-state index in [1.165, 1.54) is 0 Å². The molecule has 1 aliphatic carbocycles.